The Labute approximate surface area is 111 Å². The highest BCUT2D eigenvalue weighted by Gasteiger charge is 2.47. The molecule has 1 aromatic heterocycles. The molecule has 4 heteroatoms. The van der Waals surface area contributed by atoms with Gasteiger partial charge < -0.3 is 10.0 Å². The van der Waals surface area contributed by atoms with Crippen LogP contribution >= 0.6 is 22.9 Å². The molecule has 0 bridgehead atoms. The van der Waals surface area contributed by atoms with Crippen LogP contribution in [0.5, 0.6) is 0 Å². The van der Waals surface area contributed by atoms with E-state index in [0.29, 0.717) is 5.92 Å². The second-order valence-electron chi connectivity index (χ2n) is 5.29. The fourth-order valence-corrected chi connectivity index (χ4v) is 4.00. The first-order valence-corrected chi connectivity index (χ1v) is 7.58. The van der Waals surface area contributed by atoms with E-state index in [0.717, 1.165) is 41.7 Å². The van der Waals surface area contributed by atoms with Gasteiger partial charge in [-0.15, -0.1) is 11.3 Å². The molecule has 1 aliphatic heterocycles. The zero-order valence-electron chi connectivity index (χ0n) is 9.86. The minimum absolute atomic E-state index is 0.442. The summed E-state index contributed by atoms with van der Waals surface area (Å²) in [5.74, 6) is 0.442. The predicted octanol–water partition coefficient (Wildman–Crippen LogP) is 3.09. The number of aliphatic hydroxyl groups is 1. The standard InChI is InChI=1S/C13H18ClNOS/c14-12-6-5-11(17-12)13(16,10-3-4-10)9-15-7-1-2-8-15/h5-6,10,16H,1-4,7-9H2. The zero-order chi connectivity index (χ0) is 11.9. The average molecular weight is 272 g/mol. The number of rotatable bonds is 4. The van der Waals surface area contributed by atoms with Crippen molar-refractivity contribution in [1.82, 2.24) is 4.90 Å². The zero-order valence-corrected chi connectivity index (χ0v) is 11.4. The molecule has 1 aromatic rings. The minimum atomic E-state index is -0.651. The maximum absolute atomic E-state index is 11.0. The van der Waals surface area contributed by atoms with Gasteiger partial charge in [0.15, 0.2) is 0 Å². The van der Waals surface area contributed by atoms with E-state index in [1.54, 1.807) is 0 Å². The van der Waals surface area contributed by atoms with Crippen molar-refractivity contribution in [3.63, 3.8) is 0 Å². The third-order valence-electron chi connectivity index (χ3n) is 3.92. The summed E-state index contributed by atoms with van der Waals surface area (Å²) in [4.78, 5) is 3.45. The van der Waals surface area contributed by atoms with Crippen molar-refractivity contribution in [2.45, 2.75) is 31.3 Å². The Balaban J connectivity index is 1.81. The summed E-state index contributed by atoms with van der Waals surface area (Å²) in [6.07, 6.45) is 4.84. The lowest BCUT2D eigenvalue weighted by atomic mass is 9.95. The Morgan fingerprint density at radius 3 is 2.59 bits per heavy atom. The van der Waals surface area contributed by atoms with Crippen molar-refractivity contribution < 1.29 is 5.11 Å². The summed E-state index contributed by atoms with van der Waals surface area (Å²) in [6, 6.07) is 3.90. The van der Waals surface area contributed by atoms with Crippen LogP contribution in [0.15, 0.2) is 12.1 Å². The molecule has 94 valence electrons. The minimum Gasteiger partial charge on any atom is -0.383 e. The SMILES string of the molecule is OC(CN1CCCC1)(c1ccc(Cl)s1)C1CC1. The molecule has 1 saturated heterocycles. The molecule has 1 N–H and O–H groups in total. The predicted molar refractivity (Wildman–Crippen MR) is 71.6 cm³/mol. The van der Waals surface area contributed by atoms with Gasteiger partial charge in [-0.05, 0) is 56.8 Å². The molecule has 1 aliphatic carbocycles. The van der Waals surface area contributed by atoms with Gasteiger partial charge in [0.05, 0.1) is 4.34 Å². The lowest BCUT2D eigenvalue weighted by molar-refractivity contribution is -0.0126. The van der Waals surface area contributed by atoms with E-state index >= 15 is 0 Å². The van der Waals surface area contributed by atoms with Crippen molar-refractivity contribution in [3.8, 4) is 0 Å². The molecule has 2 aliphatic rings. The molecule has 1 atom stereocenters. The highest BCUT2D eigenvalue weighted by atomic mass is 35.5. The molecule has 1 unspecified atom stereocenters. The van der Waals surface area contributed by atoms with Crippen LogP contribution in [0.4, 0.5) is 0 Å². The topological polar surface area (TPSA) is 23.5 Å². The number of hydrogen-bond donors (Lipinski definition) is 1. The Bertz CT molecular complexity index is 398. The van der Waals surface area contributed by atoms with E-state index < -0.39 is 5.60 Å². The molecule has 3 rings (SSSR count). The Hall–Kier alpha value is -0.0900. The summed E-state index contributed by atoms with van der Waals surface area (Å²) in [5.41, 5.74) is -0.651. The largest absolute Gasteiger partial charge is 0.383 e. The number of nitrogens with zero attached hydrogens (tertiary/aromatic N) is 1. The number of halogens is 1. The lowest BCUT2D eigenvalue weighted by Crippen LogP contribution is -2.41. The van der Waals surface area contributed by atoms with Crippen molar-refractivity contribution >= 4 is 22.9 Å². The molecule has 0 spiro atoms. The molecular formula is C13H18ClNOS. The first-order valence-electron chi connectivity index (χ1n) is 6.39. The van der Waals surface area contributed by atoms with Gasteiger partial charge in [0, 0.05) is 11.4 Å². The number of likely N-dealkylation sites (tertiary alicyclic amines) is 1. The quantitative estimate of drug-likeness (QED) is 0.910. The molecular weight excluding hydrogens is 254 g/mol. The van der Waals surface area contributed by atoms with Crippen LogP contribution in [0.2, 0.25) is 4.34 Å². The van der Waals surface area contributed by atoms with Crippen molar-refractivity contribution in [2.75, 3.05) is 19.6 Å². The summed E-state index contributed by atoms with van der Waals surface area (Å²) in [7, 11) is 0. The first-order chi connectivity index (χ1) is 8.18. The Kier molecular flexibility index (Phi) is 3.20. The summed E-state index contributed by atoms with van der Waals surface area (Å²) < 4.78 is 0.778. The smallest absolute Gasteiger partial charge is 0.114 e. The van der Waals surface area contributed by atoms with Crippen LogP contribution in [-0.4, -0.2) is 29.6 Å². The van der Waals surface area contributed by atoms with E-state index in [4.69, 9.17) is 11.6 Å². The molecule has 0 amide bonds. The first kappa shape index (κ1) is 12.0. The normalized spacial score (nSPS) is 25.1. The Morgan fingerprint density at radius 2 is 2.06 bits per heavy atom. The van der Waals surface area contributed by atoms with Gasteiger partial charge in [0.2, 0.25) is 0 Å². The third-order valence-corrected chi connectivity index (χ3v) is 5.31. The molecule has 0 aromatic carbocycles. The maximum atomic E-state index is 11.0. The molecule has 17 heavy (non-hydrogen) atoms. The van der Waals surface area contributed by atoms with Gasteiger partial charge in [-0.1, -0.05) is 11.6 Å². The monoisotopic (exact) mass is 271 g/mol. The van der Waals surface area contributed by atoms with Crippen LogP contribution in [0, 0.1) is 5.92 Å². The van der Waals surface area contributed by atoms with Crippen LogP contribution in [0.25, 0.3) is 0 Å². The van der Waals surface area contributed by atoms with Crippen molar-refractivity contribution in [2.24, 2.45) is 5.92 Å². The second kappa shape index (κ2) is 4.54. The van der Waals surface area contributed by atoms with Gasteiger partial charge in [0.1, 0.15) is 5.60 Å². The van der Waals surface area contributed by atoms with Crippen LogP contribution < -0.4 is 0 Å². The van der Waals surface area contributed by atoms with Crippen LogP contribution in [0.1, 0.15) is 30.6 Å². The summed E-state index contributed by atoms with van der Waals surface area (Å²) in [5, 5.41) is 11.0. The summed E-state index contributed by atoms with van der Waals surface area (Å²) in [6.45, 7) is 3.05. The van der Waals surface area contributed by atoms with Gasteiger partial charge in [-0.25, -0.2) is 0 Å². The fourth-order valence-electron chi connectivity index (χ4n) is 2.80. The van der Waals surface area contributed by atoms with Crippen molar-refractivity contribution in [3.05, 3.63) is 21.3 Å². The van der Waals surface area contributed by atoms with E-state index in [9.17, 15) is 5.11 Å². The van der Waals surface area contributed by atoms with Gasteiger partial charge in [0.25, 0.3) is 0 Å². The van der Waals surface area contributed by atoms with Gasteiger partial charge in [-0.3, -0.25) is 0 Å². The Morgan fingerprint density at radius 1 is 1.35 bits per heavy atom. The molecule has 2 heterocycles. The van der Waals surface area contributed by atoms with E-state index in [1.165, 1.54) is 24.2 Å². The molecule has 0 radical (unpaired) electrons. The fraction of sp³-hybridized carbons (Fsp3) is 0.692. The number of hydrogen-bond acceptors (Lipinski definition) is 3. The van der Waals surface area contributed by atoms with E-state index in [1.807, 2.05) is 12.1 Å². The van der Waals surface area contributed by atoms with Gasteiger partial charge >= 0.3 is 0 Å². The maximum Gasteiger partial charge on any atom is 0.114 e. The molecule has 2 nitrogen and oxygen atoms in total. The highest BCUT2D eigenvalue weighted by molar-refractivity contribution is 7.16. The number of thiophene rings is 1. The second-order valence-corrected chi connectivity index (χ2v) is 7.00. The number of β-amino-alcohol motifs (C(OH)–C–C–N with tert-alkyl or cyclic N) is 1. The van der Waals surface area contributed by atoms with Crippen molar-refractivity contribution in [1.29, 1.82) is 0 Å². The van der Waals surface area contributed by atoms with Crippen LogP contribution in [-0.2, 0) is 5.60 Å². The average Bonchev–Trinajstić information content (AvgIpc) is 2.89. The van der Waals surface area contributed by atoms with Crippen LogP contribution in [0.3, 0.4) is 0 Å². The summed E-state index contributed by atoms with van der Waals surface area (Å²) >= 11 is 7.54. The van der Waals surface area contributed by atoms with E-state index in [2.05, 4.69) is 4.90 Å². The lowest BCUT2D eigenvalue weighted by Gasteiger charge is -2.31. The molecule has 1 saturated carbocycles. The highest BCUT2D eigenvalue weighted by Crippen LogP contribution is 2.48. The third kappa shape index (κ3) is 2.39. The van der Waals surface area contributed by atoms with Gasteiger partial charge in [-0.2, -0.15) is 0 Å². The van der Waals surface area contributed by atoms with E-state index in [-0.39, 0.29) is 0 Å². The molecule has 2 fully saturated rings.